The molecule has 0 radical (unpaired) electrons. The van der Waals surface area contributed by atoms with Gasteiger partial charge in [-0.05, 0) is 24.6 Å². The van der Waals surface area contributed by atoms with Gasteiger partial charge in [0.2, 0.25) is 10.0 Å². The topological polar surface area (TPSA) is 59.1 Å². The predicted molar refractivity (Wildman–Crippen MR) is 71.7 cm³/mol. The van der Waals surface area contributed by atoms with Crippen LogP contribution < -0.4 is 4.72 Å². The summed E-state index contributed by atoms with van der Waals surface area (Å²) >= 11 is 0. The van der Waals surface area contributed by atoms with E-state index in [2.05, 4.69) is 9.71 Å². The third kappa shape index (κ3) is 3.56. The second-order valence-electron chi connectivity index (χ2n) is 4.09. The van der Waals surface area contributed by atoms with E-state index in [-0.39, 0.29) is 5.75 Å². The van der Waals surface area contributed by atoms with E-state index in [0.717, 1.165) is 11.1 Å². The fourth-order valence-corrected chi connectivity index (χ4v) is 2.83. The van der Waals surface area contributed by atoms with E-state index in [4.69, 9.17) is 0 Å². The summed E-state index contributed by atoms with van der Waals surface area (Å²) in [5, 5.41) is 0. The molecule has 2 rings (SSSR count). The van der Waals surface area contributed by atoms with E-state index in [1.165, 1.54) is 6.20 Å². The zero-order chi connectivity index (χ0) is 13.0. The Bertz CT molecular complexity index is 624. The quantitative estimate of drug-likeness (QED) is 0.920. The molecule has 0 saturated heterocycles. The lowest BCUT2D eigenvalue weighted by atomic mass is 10.2. The minimum Gasteiger partial charge on any atom is -0.282 e. The van der Waals surface area contributed by atoms with E-state index in [1.807, 2.05) is 25.1 Å². The van der Waals surface area contributed by atoms with Crippen molar-refractivity contribution in [2.75, 3.05) is 4.72 Å². The highest BCUT2D eigenvalue weighted by Crippen LogP contribution is 2.12. The zero-order valence-corrected chi connectivity index (χ0v) is 10.8. The second-order valence-corrected chi connectivity index (χ2v) is 5.81. The molecule has 0 saturated carbocycles. The molecule has 0 bridgehead atoms. The Balaban J connectivity index is 2.13. The molecule has 94 valence electrons. The van der Waals surface area contributed by atoms with E-state index >= 15 is 0 Å². The summed E-state index contributed by atoms with van der Waals surface area (Å²) in [5.41, 5.74) is 2.29. The maximum atomic E-state index is 11.9. The summed E-state index contributed by atoms with van der Waals surface area (Å²) in [5.74, 6) is -0.0381. The summed E-state index contributed by atoms with van der Waals surface area (Å²) in [6.45, 7) is 1.94. The number of sulfonamides is 1. The molecule has 0 fully saturated rings. The molecule has 1 aromatic heterocycles. The fraction of sp³-hybridized carbons (Fsp3) is 0.154. The van der Waals surface area contributed by atoms with Crippen molar-refractivity contribution in [3.8, 4) is 0 Å². The molecule has 0 aliphatic rings. The van der Waals surface area contributed by atoms with Crippen molar-refractivity contribution in [3.63, 3.8) is 0 Å². The number of nitrogens with zero attached hydrogens (tertiary/aromatic N) is 1. The monoisotopic (exact) mass is 262 g/mol. The molecule has 0 aliphatic carbocycles. The van der Waals surface area contributed by atoms with Crippen molar-refractivity contribution in [3.05, 3.63) is 59.9 Å². The van der Waals surface area contributed by atoms with Gasteiger partial charge in [-0.15, -0.1) is 0 Å². The van der Waals surface area contributed by atoms with Gasteiger partial charge in [0.15, 0.2) is 0 Å². The standard InChI is InChI=1S/C13H14N2O2S/c1-11-4-2-5-12(8-11)10-18(16,17)15-13-6-3-7-14-9-13/h2-9,15H,10H2,1H3. The maximum absolute atomic E-state index is 11.9. The summed E-state index contributed by atoms with van der Waals surface area (Å²) in [6.07, 6.45) is 3.08. The molecule has 4 nitrogen and oxygen atoms in total. The summed E-state index contributed by atoms with van der Waals surface area (Å²) in [7, 11) is -3.39. The van der Waals surface area contributed by atoms with Crippen molar-refractivity contribution in [2.24, 2.45) is 0 Å². The number of aromatic nitrogens is 1. The Morgan fingerprint density at radius 1 is 1.22 bits per heavy atom. The molecular weight excluding hydrogens is 248 g/mol. The number of benzene rings is 1. The van der Waals surface area contributed by atoms with Gasteiger partial charge < -0.3 is 0 Å². The molecule has 0 amide bonds. The number of rotatable bonds is 4. The predicted octanol–water partition coefficient (Wildman–Crippen LogP) is 2.33. The first kappa shape index (κ1) is 12.6. The third-order valence-electron chi connectivity index (χ3n) is 2.37. The molecular formula is C13H14N2O2S. The van der Waals surface area contributed by atoms with Gasteiger partial charge >= 0.3 is 0 Å². The van der Waals surface area contributed by atoms with Crippen LogP contribution in [0, 0.1) is 6.92 Å². The molecule has 0 unspecified atom stereocenters. The molecule has 1 heterocycles. The van der Waals surface area contributed by atoms with Crippen LogP contribution in [0.3, 0.4) is 0 Å². The molecule has 18 heavy (non-hydrogen) atoms. The van der Waals surface area contributed by atoms with Gasteiger partial charge in [0.25, 0.3) is 0 Å². The van der Waals surface area contributed by atoms with Gasteiger partial charge in [-0.2, -0.15) is 0 Å². The smallest absolute Gasteiger partial charge is 0.236 e. The lowest BCUT2D eigenvalue weighted by Gasteiger charge is -2.07. The van der Waals surface area contributed by atoms with E-state index < -0.39 is 10.0 Å². The highest BCUT2D eigenvalue weighted by atomic mass is 32.2. The highest BCUT2D eigenvalue weighted by Gasteiger charge is 2.11. The van der Waals surface area contributed by atoms with Crippen LogP contribution >= 0.6 is 0 Å². The number of aryl methyl sites for hydroxylation is 1. The number of anilines is 1. The lowest BCUT2D eigenvalue weighted by molar-refractivity contribution is 0.600. The zero-order valence-electron chi connectivity index (χ0n) is 10.00. The van der Waals surface area contributed by atoms with Crippen molar-refractivity contribution >= 4 is 15.7 Å². The average molecular weight is 262 g/mol. The Labute approximate surface area is 107 Å². The number of hydrogen-bond acceptors (Lipinski definition) is 3. The van der Waals surface area contributed by atoms with Crippen LogP contribution in [-0.4, -0.2) is 13.4 Å². The molecule has 1 aromatic carbocycles. The van der Waals surface area contributed by atoms with Crippen LogP contribution in [0.4, 0.5) is 5.69 Å². The van der Waals surface area contributed by atoms with Gasteiger partial charge in [0, 0.05) is 6.20 Å². The number of hydrogen-bond donors (Lipinski definition) is 1. The van der Waals surface area contributed by atoms with Crippen LogP contribution in [0.5, 0.6) is 0 Å². The van der Waals surface area contributed by atoms with Crippen LogP contribution in [0.2, 0.25) is 0 Å². The first-order valence-corrected chi connectivity index (χ1v) is 7.16. The second kappa shape index (κ2) is 5.18. The molecule has 0 spiro atoms. The van der Waals surface area contributed by atoms with Crippen molar-refractivity contribution in [1.29, 1.82) is 0 Å². The lowest BCUT2D eigenvalue weighted by Crippen LogP contribution is -2.15. The van der Waals surface area contributed by atoms with Gasteiger partial charge in [-0.3, -0.25) is 9.71 Å². The average Bonchev–Trinajstić information content (AvgIpc) is 2.28. The van der Waals surface area contributed by atoms with E-state index in [0.29, 0.717) is 5.69 Å². The molecule has 0 aliphatic heterocycles. The molecule has 0 atom stereocenters. The van der Waals surface area contributed by atoms with Gasteiger partial charge in [-0.1, -0.05) is 29.8 Å². The summed E-state index contributed by atoms with van der Waals surface area (Å²) in [6, 6.07) is 10.8. The Kier molecular flexibility index (Phi) is 3.62. The van der Waals surface area contributed by atoms with Crippen LogP contribution in [0.1, 0.15) is 11.1 Å². The van der Waals surface area contributed by atoms with Crippen LogP contribution in [-0.2, 0) is 15.8 Å². The third-order valence-corrected chi connectivity index (χ3v) is 3.63. The molecule has 5 heteroatoms. The summed E-state index contributed by atoms with van der Waals surface area (Å²) in [4.78, 5) is 3.86. The Hall–Kier alpha value is -1.88. The maximum Gasteiger partial charge on any atom is 0.236 e. The first-order valence-electron chi connectivity index (χ1n) is 5.51. The number of pyridine rings is 1. The van der Waals surface area contributed by atoms with Gasteiger partial charge in [0.05, 0.1) is 17.6 Å². The largest absolute Gasteiger partial charge is 0.282 e. The van der Waals surface area contributed by atoms with Gasteiger partial charge in [0.1, 0.15) is 0 Å². The summed E-state index contributed by atoms with van der Waals surface area (Å²) < 4.78 is 26.4. The Morgan fingerprint density at radius 2 is 2.06 bits per heavy atom. The van der Waals surface area contributed by atoms with Crippen LogP contribution in [0.15, 0.2) is 48.8 Å². The van der Waals surface area contributed by atoms with Crippen LogP contribution in [0.25, 0.3) is 0 Å². The number of nitrogens with one attached hydrogen (secondary N) is 1. The highest BCUT2D eigenvalue weighted by molar-refractivity contribution is 7.91. The van der Waals surface area contributed by atoms with E-state index in [9.17, 15) is 8.42 Å². The van der Waals surface area contributed by atoms with Crippen molar-refractivity contribution < 1.29 is 8.42 Å². The van der Waals surface area contributed by atoms with Crippen molar-refractivity contribution in [2.45, 2.75) is 12.7 Å². The van der Waals surface area contributed by atoms with E-state index in [1.54, 1.807) is 24.4 Å². The minimum absolute atomic E-state index is 0.0381. The first-order chi connectivity index (χ1) is 8.55. The SMILES string of the molecule is Cc1cccc(CS(=O)(=O)Nc2cccnc2)c1. The van der Waals surface area contributed by atoms with Gasteiger partial charge in [-0.25, -0.2) is 8.42 Å². The fourth-order valence-electron chi connectivity index (χ4n) is 1.66. The van der Waals surface area contributed by atoms with Crippen molar-refractivity contribution in [1.82, 2.24) is 4.98 Å². The normalized spacial score (nSPS) is 11.2. The minimum atomic E-state index is -3.39. The molecule has 1 N–H and O–H groups in total. The Morgan fingerprint density at radius 3 is 2.72 bits per heavy atom. The molecule has 2 aromatic rings.